The van der Waals surface area contributed by atoms with Crippen molar-refractivity contribution in [1.82, 2.24) is 20.1 Å². The minimum absolute atomic E-state index is 0.0825. The topological polar surface area (TPSA) is 57.7 Å². The van der Waals surface area contributed by atoms with Crippen LogP contribution in [-0.2, 0) is 6.54 Å². The fourth-order valence-corrected chi connectivity index (χ4v) is 3.71. The van der Waals surface area contributed by atoms with Crippen LogP contribution in [0.15, 0.2) is 48.7 Å². The first-order valence-electron chi connectivity index (χ1n) is 9.27. The van der Waals surface area contributed by atoms with E-state index >= 15 is 0 Å². The Morgan fingerprint density at radius 3 is 2.70 bits per heavy atom. The maximum atomic E-state index is 12.8. The molecule has 1 fully saturated rings. The molecule has 0 spiro atoms. The zero-order valence-electron chi connectivity index (χ0n) is 16.3. The summed E-state index contributed by atoms with van der Waals surface area (Å²) in [7, 11) is 5.73. The number of carbonyl (C=O) groups is 1. The van der Waals surface area contributed by atoms with Gasteiger partial charge in [0.1, 0.15) is 5.75 Å². The lowest BCUT2D eigenvalue weighted by Gasteiger charge is -2.23. The van der Waals surface area contributed by atoms with E-state index < -0.39 is 0 Å². The van der Waals surface area contributed by atoms with Gasteiger partial charge in [0.05, 0.1) is 18.4 Å². The molecule has 3 rings (SSSR count). The van der Waals surface area contributed by atoms with Gasteiger partial charge in [-0.05, 0) is 38.4 Å². The predicted octanol–water partition coefficient (Wildman–Crippen LogP) is 1.88. The van der Waals surface area contributed by atoms with Crippen LogP contribution in [0.5, 0.6) is 5.75 Å². The van der Waals surface area contributed by atoms with Gasteiger partial charge in [0.2, 0.25) is 0 Å². The Labute approximate surface area is 161 Å². The van der Waals surface area contributed by atoms with Crippen LogP contribution >= 0.6 is 0 Å². The summed E-state index contributed by atoms with van der Waals surface area (Å²) in [5.74, 6) is 0.880. The van der Waals surface area contributed by atoms with Crippen molar-refractivity contribution in [3.8, 4) is 5.75 Å². The van der Waals surface area contributed by atoms with Gasteiger partial charge < -0.3 is 15.0 Å². The number of amides is 1. The predicted molar refractivity (Wildman–Crippen MR) is 106 cm³/mol. The van der Waals surface area contributed by atoms with Gasteiger partial charge in [-0.25, -0.2) is 0 Å². The molecular formula is C21H28N4O2. The van der Waals surface area contributed by atoms with Crippen molar-refractivity contribution in [2.24, 2.45) is 5.92 Å². The summed E-state index contributed by atoms with van der Waals surface area (Å²) in [6, 6.07) is 13.4. The van der Waals surface area contributed by atoms with Crippen LogP contribution in [0, 0.1) is 5.92 Å². The van der Waals surface area contributed by atoms with E-state index in [4.69, 9.17) is 4.74 Å². The minimum atomic E-state index is -0.0825. The molecule has 2 heterocycles. The first kappa shape index (κ1) is 19.3. The van der Waals surface area contributed by atoms with Gasteiger partial charge in [0, 0.05) is 44.3 Å². The number of likely N-dealkylation sites (tertiary alicyclic amines) is 1. The standard InChI is InChI=1S/C21H28N4O2/c1-24(2)12-16-13-25(14-17-8-6-7-11-22-17)15-19(16)23-21(26)18-9-4-5-10-20(18)27-3/h4-11,16,19H,12-15H2,1-3H3,(H,23,26)/t16-,19-/m1/s1. The number of rotatable bonds is 7. The highest BCUT2D eigenvalue weighted by atomic mass is 16.5. The van der Waals surface area contributed by atoms with Crippen LogP contribution in [0.25, 0.3) is 0 Å². The maximum Gasteiger partial charge on any atom is 0.255 e. The van der Waals surface area contributed by atoms with E-state index in [0.717, 1.165) is 31.9 Å². The Kier molecular flexibility index (Phi) is 6.42. The molecule has 0 aliphatic carbocycles. The second-order valence-electron chi connectivity index (χ2n) is 7.32. The van der Waals surface area contributed by atoms with Crippen molar-refractivity contribution in [2.45, 2.75) is 12.6 Å². The SMILES string of the molecule is COc1ccccc1C(=O)N[C@@H]1CN(Cc2ccccn2)C[C@H]1CN(C)C. The number of nitrogens with zero attached hydrogens (tertiary/aromatic N) is 3. The molecular weight excluding hydrogens is 340 g/mol. The number of hydrogen-bond donors (Lipinski definition) is 1. The number of ether oxygens (including phenoxy) is 1. The molecule has 1 aliphatic heterocycles. The third-order valence-electron chi connectivity index (χ3n) is 4.90. The van der Waals surface area contributed by atoms with Gasteiger partial charge in [-0.2, -0.15) is 0 Å². The molecule has 1 saturated heterocycles. The van der Waals surface area contributed by atoms with E-state index in [0.29, 0.717) is 17.2 Å². The maximum absolute atomic E-state index is 12.8. The van der Waals surface area contributed by atoms with E-state index in [9.17, 15) is 4.79 Å². The van der Waals surface area contributed by atoms with Crippen molar-refractivity contribution >= 4 is 5.91 Å². The van der Waals surface area contributed by atoms with Crippen molar-refractivity contribution in [1.29, 1.82) is 0 Å². The summed E-state index contributed by atoms with van der Waals surface area (Å²) in [5.41, 5.74) is 1.63. The molecule has 0 unspecified atom stereocenters. The van der Waals surface area contributed by atoms with Crippen molar-refractivity contribution in [3.63, 3.8) is 0 Å². The van der Waals surface area contributed by atoms with Crippen molar-refractivity contribution in [3.05, 3.63) is 59.9 Å². The molecule has 1 amide bonds. The van der Waals surface area contributed by atoms with Gasteiger partial charge in [-0.15, -0.1) is 0 Å². The van der Waals surface area contributed by atoms with E-state index in [-0.39, 0.29) is 11.9 Å². The number of hydrogen-bond acceptors (Lipinski definition) is 5. The average Bonchev–Trinajstić information content (AvgIpc) is 3.02. The Bertz CT molecular complexity index is 751. The monoisotopic (exact) mass is 368 g/mol. The van der Waals surface area contributed by atoms with Crippen LogP contribution in [0.1, 0.15) is 16.1 Å². The molecule has 2 atom stereocenters. The summed E-state index contributed by atoms with van der Waals surface area (Å²) in [5, 5.41) is 3.23. The van der Waals surface area contributed by atoms with Gasteiger partial charge in [0.25, 0.3) is 5.91 Å². The van der Waals surface area contributed by atoms with Crippen LogP contribution in [0.2, 0.25) is 0 Å². The van der Waals surface area contributed by atoms with Crippen molar-refractivity contribution < 1.29 is 9.53 Å². The van der Waals surface area contributed by atoms with Crippen LogP contribution in [0.3, 0.4) is 0 Å². The molecule has 1 aromatic heterocycles. The first-order valence-corrected chi connectivity index (χ1v) is 9.27. The lowest BCUT2D eigenvalue weighted by atomic mass is 10.0. The molecule has 0 bridgehead atoms. The minimum Gasteiger partial charge on any atom is -0.496 e. The molecule has 1 aromatic carbocycles. The molecule has 0 saturated carbocycles. The zero-order valence-corrected chi connectivity index (χ0v) is 16.3. The van der Waals surface area contributed by atoms with E-state index in [1.807, 2.05) is 42.6 Å². The quantitative estimate of drug-likeness (QED) is 0.809. The number of methoxy groups -OCH3 is 1. The lowest BCUT2D eigenvalue weighted by molar-refractivity contribution is 0.0923. The van der Waals surface area contributed by atoms with Gasteiger partial charge in [-0.1, -0.05) is 18.2 Å². The van der Waals surface area contributed by atoms with Crippen molar-refractivity contribution in [2.75, 3.05) is 40.8 Å². The summed E-state index contributed by atoms with van der Waals surface area (Å²) < 4.78 is 5.33. The number of para-hydroxylation sites is 1. The van der Waals surface area contributed by atoms with E-state index in [1.54, 1.807) is 13.2 Å². The molecule has 144 valence electrons. The second-order valence-corrected chi connectivity index (χ2v) is 7.32. The van der Waals surface area contributed by atoms with E-state index in [2.05, 4.69) is 34.2 Å². The lowest BCUT2D eigenvalue weighted by Crippen LogP contribution is -2.43. The zero-order chi connectivity index (χ0) is 19.2. The highest BCUT2D eigenvalue weighted by molar-refractivity contribution is 5.97. The second kappa shape index (κ2) is 8.97. The smallest absolute Gasteiger partial charge is 0.255 e. The fraction of sp³-hybridized carbons (Fsp3) is 0.429. The Morgan fingerprint density at radius 1 is 1.22 bits per heavy atom. The van der Waals surface area contributed by atoms with Gasteiger partial charge in [0.15, 0.2) is 0 Å². The number of carbonyl (C=O) groups excluding carboxylic acids is 1. The van der Waals surface area contributed by atoms with Crippen LogP contribution < -0.4 is 10.1 Å². The molecule has 2 aromatic rings. The number of aromatic nitrogens is 1. The Balaban J connectivity index is 1.70. The third kappa shape index (κ3) is 5.05. The Hall–Kier alpha value is -2.44. The number of benzene rings is 1. The van der Waals surface area contributed by atoms with E-state index in [1.165, 1.54) is 0 Å². The van der Waals surface area contributed by atoms with Gasteiger partial charge in [-0.3, -0.25) is 14.7 Å². The summed E-state index contributed by atoms with van der Waals surface area (Å²) in [6.07, 6.45) is 1.82. The molecule has 1 N–H and O–H groups in total. The normalized spacial score (nSPS) is 20.0. The molecule has 1 aliphatic rings. The highest BCUT2D eigenvalue weighted by Gasteiger charge is 2.34. The molecule has 27 heavy (non-hydrogen) atoms. The number of nitrogens with one attached hydrogen (secondary N) is 1. The number of pyridine rings is 1. The van der Waals surface area contributed by atoms with Crippen LogP contribution in [0.4, 0.5) is 0 Å². The largest absolute Gasteiger partial charge is 0.496 e. The molecule has 6 nitrogen and oxygen atoms in total. The summed E-state index contributed by atoms with van der Waals surface area (Å²) in [6.45, 7) is 3.48. The third-order valence-corrected chi connectivity index (χ3v) is 4.90. The average molecular weight is 368 g/mol. The Morgan fingerprint density at radius 2 is 2.00 bits per heavy atom. The summed E-state index contributed by atoms with van der Waals surface area (Å²) in [4.78, 5) is 21.8. The fourth-order valence-electron chi connectivity index (χ4n) is 3.71. The summed E-state index contributed by atoms with van der Waals surface area (Å²) >= 11 is 0. The highest BCUT2D eigenvalue weighted by Crippen LogP contribution is 2.22. The molecule has 6 heteroatoms. The van der Waals surface area contributed by atoms with Gasteiger partial charge >= 0.3 is 0 Å². The first-order chi connectivity index (χ1) is 13.1. The van der Waals surface area contributed by atoms with Crippen LogP contribution in [-0.4, -0.2) is 67.6 Å². The molecule has 0 radical (unpaired) electrons.